The minimum Gasteiger partial charge on any atom is -0.364 e. The number of alkyl halides is 6. The minimum absolute atomic E-state index is 0.0278. The number of nitrogens with one attached hydrogen (secondary N) is 2. The molecule has 1 saturated carbocycles. The molecule has 1 aliphatic carbocycles. The van der Waals surface area contributed by atoms with Gasteiger partial charge in [-0.1, -0.05) is 6.07 Å². The molecule has 4 rings (SSSR count). The number of sulfonamides is 1. The van der Waals surface area contributed by atoms with E-state index in [4.69, 9.17) is 0 Å². The van der Waals surface area contributed by atoms with Crippen molar-refractivity contribution in [1.82, 2.24) is 15.1 Å². The van der Waals surface area contributed by atoms with E-state index in [1.807, 2.05) is 4.90 Å². The summed E-state index contributed by atoms with van der Waals surface area (Å²) in [5.41, 5.74) is -0.684. The van der Waals surface area contributed by atoms with Crippen molar-refractivity contribution in [3.8, 4) is 11.3 Å². The maximum absolute atomic E-state index is 13.5. The lowest BCUT2D eigenvalue weighted by Crippen LogP contribution is -2.51. The zero-order valence-corrected chi connectivity index (χ0v) is 20.2. The van der Waals surface area contributed by atoms with Crippen LogP contribution < -0.4 is 10.0 Å². The number of likely N-dealkylation sites (tertiary alicyclic amines) is 1. The molecule has 2 aliphatic rings. The third-order valence-electron chi connectivity index (χ3n) is 6.25. The number of aryl methyl sites for hydroxylation is 1. The average molecular weight is 538 g/mol. The lowest BCUT2D eigenvalue weighted by Gasteiger charge is -2.39. The number of benzene rings is 1. The Morgan fingerprint density at radius 3 is 2.28 bits per heavy atom. The highest BCUT2D eigenvalue weighted by Gasteiger charge is 2.47. The molecule has 1 aromatic heterocycles. The van der Waals surface area contributed by atoms with E-state index >= 15 is 0 Å². The second-order valence-electron chi connectivity index (χ2n) is 9.39. The monoisotopic (exact) mass is 537 g/mol. The summed E-state index contributed by atoms with van der Waals surface area (Å²) in [4.78, 5) is 1.85. The van der Waals surface area contributed by atoms with E-state index in [0.717, 1.165) is 31.2 Å². The van der Waals surface area contributed by atoms with Crippen LogP contribution in [0.25, 0.3) is 11.3 Å². The van der Waals surface area contributed by atoms with Gasteiger partial charge in [0, 0.05) is 30.7 Å². The number of rotatable bonds is 6. The van der Waals surface area contributed by atoms with Gasteiger partial charge in [0.1, 0.15) is 0 Å². The zero-order chi connectivity index (χ0) is 26.5. The molecule has 2 N–H and O–H groups in total. The molecule has 36 heavy (non-hydrogen) atoms. The van der Waals surface area contributed by atoms with Gasteiger partial charge >= 0.3 is 12.4 Å². The van der Waals surface area contributed by atoms with Crippen LogP contribution in [0.3, 0.4) is 0 Å². The van der Waals surface area contributed by atoms with Gasteiger partial charge in [-0.15, -0.1) is 10.2 Å². The standard InChI is InChI=1S/C22H25F6N5O2S/c1-12-7-18(17-6-3-13(21(23,24)25)9-19(17)32-36(2,34)35)30-31-20(12)29-15-8-14(22(26,27)28)10-33(11-15)16-4-5-16/h3,6-7,9,14-16,32H,4-5,8,10-11H2,1-2H3,(H,29,31)/t14-,15+/m0/s1. The predicted molar refractivity (Wildman–Crippen MR) is 122 cm³/mol. The van der Waals surface area contributed by atoms with Gasteiger partial charge in [-0.05, 0) is 49.9 Å². The average Bonchev–Trinajstić information content (AvgIpc) is 3.58. The SMILES string of the molecule is Cc1cc(-c2ccc(C(F)(F)F)cc2NS(C)(=O)=O)nnc1N[C@@H]1C[C@H](C(F)(F)F)CN(C2CC2)C1. The summed E-state index contributed by atoms with van der Waals surface area (Å²) < 4.78 is 106. The van der Waals surface area contributed by atoms with Gasteiger partial charge in [-0.2, -0.15) is 26.3 Å². The summed E-state index contributed by atoms with van der Waals surface area (Å²) in [5, 5.41) is 11.1. The van der Waals surface area contributed by atoms with Crippen LogP contribution in [0.5, 0.6) is 0 Å². The molecule has 0 unspecified atom stereocenters. The number of piperidine rings is 1. The van der Waals surface area contributed by atoms with Crippen molar-refractivity contribution < 1.29 is 34.8 Å². The third kappa shape index (κ3) is 6.38. The normalized spacial score (nSPS) is 21.9. The number of halogens is 6. The van der Waals surface area contributed by atoms with Crippen LogP contribution in [0.2, 0.25) is 0 Å². The molecule has 2 aromatic rings. The maximum atomic E-state index is 13.5. The fourth-order valence-corrected chi connectivity index (χ4v) is 4.96. The first-order valence-corrected chi connectivity index (χ1v) is 13.1. The van der Waals surface area contributed by atoms with E-state index in [-0.39, 0.29) is 41.8 Å². The molecule has 1 saturated heterocycles. The highest BCUT2D eigenvalue weighted by molar-refractivity contribution is 7.92. The van der Waals surface area contributed by atoms with Crippen LogP contribution in [0, 0.1) is 12.8 Å². The van der Waals surface area contributed by atoms with E-state index in [1.165, 1.54) is 6.07 Å². The summed E-state index contributed by atoms with van der Waals surface area (Å²) in [5.74, 6) is -1.21. The van der Waals surface area contributed by atoms with Gasteiger partial charge in [0.2, 0.25) is 10.0 Å². The fraction of sp³-hybridized carbons (Fsp3) is 0.545. The lowest BCUT2D eigenvalue weighted by atomic mass is 9.93. The molecule has 0 amide bonds. The van der Waals surface area contributed by atoms with Gasteiger partial charge < -0.3 is 5.32 Å². The highest BCUT2D eigenvalue weighted by atomic mass is 32.2. The molecular weight excluding hydrogens is 512 g/mol. The summed E-state index contributed by atoms with van der Waals surface area (Å²) in [6.45, 7) is 2.04. The van der Waals surface area contributed by atoms with Crippen molar-refractivity contribution in [2.45, 2.75) is 50.6 Å². The fourth-order valence-electron chi connectivity index (χ4n) is 4.39. The summed E-state index contributed by atoms with van der Waals surface area (Å²) in [6, 6.07) is 3.71. The molecule has 0 bridgehead atoms. The molecular formula is C22H25F6N5O2S. The number of hydrogen-bond acceptors (Lipinski definition) is 6. The van der Waals surface area contributed by atoms with Crippen LogP contribution in [-0.2, 0) is 16.2 Å². The topological polar surface area (TPSA) is 87.2 Å². The van der Waals surface area contributed by atoms with Gasteiger partial charge in [-0.25, -0.2) is 8.42 Å². The second-order valence-corrected chi connectivity index (χ2v) is 11.1. The molecule has 1 aliphatic heterocycles. The van der Waals surface area contributed by atoms with E-state index in [2.05, 4.69) is 20.2 Å². The molecule has 2 fully saturated rings. The minimum atomic E-state index is -4.69. The first-order valence-electron chi connectivity index (χ1n) is 11.2. The van der Waals surface area contributed by atoms with Gasteiger partial charge in [0.15, 0.2) is 5.82 Å². The second kappa shape index (κ2) is 9.36. The Kier molecular flexibility index (Phi) is 6.88. The Balaban J connectivity index is 1.60. The smallest absolute Gasteiger partial charge is 0.364 e. The molecule has 198 valence electrons. The quantitative estimate of drug-likeness (QED) is 0.521. The van der Waals surface area contributed by atoms with E-state index in [9.17, 15) is 34.8 Å². The first kappa shape index (κ1) is 26.5. The Morgan fingerprint density at radius 2 is 1.72 bits per heavy atom. The first-order chi connectivity index (χ1) is 16.6. The van der Waals surface area contributed by atoms with Crippen molar-refractivity contribution in [1.29, 1.82) is 0 Å². The molecule has 0 spiro atoms. The van der Waals surface area contributed by atoms with Crippen LogP contribution >= 0.6 is 0 Å². The maximum Gasteiger partial charge on any atom is 0.416 e. The van der Waals surface area contributed by atoms with Crippen molar-refractivity contribution >= 4 is 21.5 Å². The molecule has 14 heteroatoms. The van der Waals surface area contributed by atoms with E-state index in [0.29, 0.717) is 18.2 Å². The Labute approximate surface area is 204 Å². The van der Waals surface area contributed by atoms with Gasteiger partial charge in [-0.3, -0.25) is 9.62 Å². The van der Waals surface area contributed by atoms with Gasteiger partial charge in [0.05, 0.1) is 29.1 Å². The van der Waals surface area contributed by atoms with E-state index in [1.54, 1.807) is 6.92 Å². The Bertz CT molecular complexity index is 1230. The van der Waals surface area contributed by atoms with Crippen LogP contribution in [-0.4, -0.2) is 61.1 Å². The summed E-state index contributed by atoms with van der Waals surface area (Å²) in [6.07, 6.45) is -6.56. The van der Waals surface area contributed by atoms with Crippen LogP contribution in [0.15, 0.2) is 24.3 Å². The van der Waals surface area contributed by atoms with E-state index < -0.39 is 39.9 Å². The molecule has 7 nitrogen and oxygen atoms in total. The zero-order valence-electron chi connectivity index (χ0n) is 19.4. The molecule has 0 radical (unpaired) electrons. The summed E-state index contributed by atoms with van der Waals surface area (Å²) in [7, 11) is -3.91. The molecule has 2 heterocycles. The van der Waals surface area contributed by atoms with Crippen LogP contribution in [0.4, 0.5) is 37.8 Å². The van der Waals surface area contributed by atoms with Crippen molar-refractivity contribution in [3.63, 3.8) is 0 Å². The van der Waals surface area contributed by atoms with Crippen molar-refractivity contribution in [2.24, 2.45) is 5.92 Å². The lowest BCUT2D eigenvalue weighted by molar-refractivity contribution is -0.188. The van der Waals surface area contributed by atoms with Crippen LogP contribution in [0.1, 0.15) is 30.4 Å². The molecule has 1 aromatic carbocycles. The largest absolute Gasteiger partial charge is 0.416 e. The Morgan fingerprint density at radius 1 is 1.03 bits per heavy atom. The highest BCUT2D eigenvalue weighted by Crippen LogP contribution is 2.39. The number of anilines is 2. The summed E-state index contributed by atoms with van der Waals surface area (Å²) >= 11 is 0. The number of hydrogen-bond donors (Lipinski definition) is 2. The third-order valence-corrected chi connectivity index (χ3v) is 6.84. The van der Waals surface area contributed by atoms with Crippen molar-refractivity contribution in [2.75, 3.05) is 29.4 Å². The van der Waals surface area contributed by atoms with Crippen molar-refractivity contribution in [3.05, 3.63) is 35.4 Å². The number of nitrogens with zero attached hydrogens (tertiary/aromatic N) is 3. The predicted octanol–water partition coefficient (Wildman–Crippen LogP) is 4.67. The Hall–Kier alpha value is -2.61. The number of aromatic nitrogens is 2. The molecule has 2 atom stereocenters. The van der Waals surface area contributed by atoms with Gasteiger partial charge in [0.25, 0.3) is 0 Å².